The van der Waals surface area contributed by atoms with E-state index in [1.165, 1.54) is 28.0 Å². The van der Waals surface area contributed by atoms with Crippen LogP contribution in [-0.2, 0) is 33.5 Å². The molecule has 0 aliphatic rings. The number of ether oxygens (including phenoxy) is 1. The summed E-state index contributed by atoms with van der Waals surface area (Å²) in [6.07, 6.45) is 0.741. The number of methoxy groups -OCH3 is 1. The van der Waals surface area contributed by atoms with Crippen molar-refractivity contribution in [1.29, 1.82) is 0 Å². The average molecular weight is 603 g/mol. The van der Waals surface area contributed by atoms with Gasteiger partial charge in [-0.1, -0.05) is 60.7 Å². The SMILES string of the molecule is COCCN(C)C(=O)[C@H](Cc1ccccc1)N(Cc1ccc(-c2ccccn2)cc1)C(=O)C=Cc1ccc(C(F)(F)F)cn1. The Morgan fingerprint density at radius 3 is 2.25 bits per heavy atom. The monoisotopic (exact) mass is 602 g/mol. The van der Waals surface area contributed by atoms with Crippen LogP contribution in [0.4, 0.5) is 13.2 Å². The molecule has 4 aromatic rings. The van der Waals surface area contributed by atoms with Crippen LogP contribution in [-0.4, -0.2) is 64.9 Å². The molecule has 10 heteroatoms. The Morgan fingerprint density at radius 2 is 1.64 bits per heavy atom. The molecule has 2 aromatic heterocycles. The molecule has 44 heavy (non-hydrogen) atoms. The molecular weight excluding hydrogens is 569 g/mol. The number of hydrogen-bond donors (Lipinski definition) is 0. The maximum atomic E-state index is 13.9. The number of aromatic nitrogens is 2. The first kappa shape index (κ1) is 32.1. The lowest BCUT2D eigenvalue weighted by molar-refractivity contribution is -0.143. The normalized spacial score (nSPS) is 12.2. The van der Waals surface area contributed by atoms with Gasteiger partial charge in [-0.15, -0.1) is 0 Å². The maximum absolute atomic E-state index is 13.9. The van der Waals surface area contributed by atoms with Gasteiger partial charge in [-0.25, -0.2) is 0 Å². The Kier molecular flexibility index (Phi) is 11.0. The van der Waals surface area contributed by atoms with Gasteiger partial charge in [-0.3, -0.25) is 19.6 Å². The van der Waals surface area contributed by atoms with Crippen molar-refractivity contribution in [2.75, 3.05) is 27.3 Å². The van der Waals surface area contributed by atoms with Crippen molar-refractivity contribution < 1.29 is 27.5 Å². The molecule has 0 N–H and O–H groups in total. The highest BCUT2D eigenvalue weighted by Crippen LogP contribution is 2.28. The fourth-order valence-electron chi connectivity index (χ4n) is 4.54. The van der Waals surface area contributed by atoms with E-state index in [0.717, 1.165) is 34.6 Å². The van der Waals surface area contributed by atoms with E-state index in [2.05, 4.69) is 9.97 Å². The third kappa shape index (κ3) is 8.84. The smallest absolute Gasteiger partial charge is 0.383 e. The Bertz CT molecular complexity index is 1530. The number of rotatable bonds is 12. The number of nitrogens with zero attached hydrogens (tertiary/aromatic N) is 4. The zero-order valence-corrected chi connectivity index (χ0v) is 24.4. The fraction of sp³-hybridized carbons (Fsp3) is 0.235. The summed E-state index contributed by atoms with van der Waals surface area (Å²) in [5.41, 5.74) is 2.64. The summed E-state index contributed by atoms with van der Waals surface area (Å²) in [6.45, 7) is 0.753. The van der Waals surface area contributed by atoms with E-state index >= 15 is 0 Å². The number of amides is 2. The van der Waals surface area contributed by atoms with Crippen LogP contribution in [0.15, 0.2) is 103 Å². The van der Waals surface area contributed by atoms with E-state index in [4.69, 9.17) is 4.74 Å². The first-order valence-electron chi connectivity index (χ1n) is 14.0. The molecule has 7 nitrogen and oxygen atoms in total. The first-order valence-corrected chi connectivity index (χ1v) is 14.0. The summed E-state index contributed by atoms with van der Waals surface area (Å²) in [7, 11) is 3.20. The van der Waals surface area contributed by atoms with Crippen LogP contribution in [0.3, 0.4) is 0 Å². The van der Waals surface area contributed by atoms with Crippen molar-refractivity contribution in [3.63, 3.8) is 0 Å². The minimum Gasteiger partial charge on any atom is -0.383 e. The van der Waals surface area contributed by atoms with Gasteiger partial charge in [0.15, 0.2) is 0 Å². The van der Waals surface area contributed by atoms with E-state index in [0.29, 0.717) is 13.2 Å². The number of pyridine rings is 2. The summed E-state index contributed by atoms with van der Waals surface area (Å²) in [6, 6.07) is 23.8. The second-order valence-electron chi connectivity index (χ2n) is 10.1. The van der Waals surface area contributed by atoms with E-state index in [1.807, 2.05) is 72.8 Å². The highest BCUT2D eigenvalue weighted by Gasteiger charge is 2.32. The Morgan fingerprint density at radius 1 is 0.909 bits per heavy atom. The van der Waals surface area contributed by atoms with Gasteiger partial charge in [0, 0.05) is 57.7 Å². The van der Waals surface area contributed by atoms with E-state index in [1.54, 1.807) is 20.4 Å². The minimum atomic E-state index is -4.52. The van der Waals surface area contributed by atoms with Gasteiger partial charge in [0.2, 0.25) is 11.8 Å². The van der Waals surface area contributed by atoms with Crippen LogP contribution in [0.25, 0.3) is 17.3 Å². The molecule has 0 bridgehead atoms. The Balaban J connectivity index is 1.67. The van der Waals surface area contributed by atoms with Crippen molar-refractivity contribution in [3.05, 3.63) is 126 Å². The van der Waals surface area contributed by atoms with E-state index in [9.17, 15) is 22.8 Å². The number of benzene rings is 2. The molecule has 2 aromatic carbocycles. The molecule has 2 heterocycles. The van der Waals surface area contributed by atoms with Crippen molar-refractivity contribution in [2.45, 2.75) is 25.2 Å². The Hall–Kier alpha value is -4.83. The molecule has 0 saturated heterocycles. The summed E-state index contributed by atoms with van der Waals surface area (Å²) in [4.78, 5) is 38.9. The molecule has 0 fully saturated rings. The molecule has 0 aliphatic carbocycles. The quantitative estimate of drug-likeness (QED) is 0.188. The summed E-state index contributed by atoms with van der Waals surface area (Å²) < 4.78 is 44.1. The third-order valence-corrected chi connectivity index (χ3v) is 7.00. The lowest BCUT2D eigenvalue weighted by Crippen LogP contribution is -2.51. The Labute approximate surface area is 254 Å². The molecule has 228 valence electrons. The predicted octanol–water partition coefficient (Wildman–Crippen LogP) is 5.92. The summed E-state index contributed by atoms with van der Waals surface area (Å²) >= 11 is 0. The van der Waals surface area contributed by atoms with Gasteiger partial charge in [-0.2, -0.15) is 13.2 Å². The maximum Gasteiger partial charge on any atom is 0.417 e. The summed E-state index contributed by atoms with van der Waals surface area (Å²) in [5, 5.41) is 0. The zero-order chi connectivity index (χ0) is 31.5. The molecule has 0 radical (unpaired) electrons. The second-order valence-corrected chi connectivity index (χ2v) is 10.1. The molecule has 4 rings (SSSR count). The number of halogens is 3. The largest absolute Gasteiger partial charge is 0.417 e. The van der Waals surface area contributed by atoms with Crippen LogP contribution >= 0.6 is 0 Å². The van der Waals surface area contributed by atoms with Gasteiger partial charge >= 0.3 is 6.18 Å². The van der Waals surface area contributed by atoms with Gasteiger partial charge in [-0.05, 0) is 41.5 Å². The van der Waals surface area contributed by atoms with E-state index in [-0.39, 0.29) is 24.6 Å². The molecule has 0 saturated carbocycles. The molecule has 0 unspecified atom stereocenters. The third-order valence-electron chi connectivity index (χ3n) is 7.00. The number of carbonyl (C=O) groups is 2. The van der Waals surface area contributed by atoms with E-state index < -0.39 is 23.7 Å². The highest BCUT2D eigenvalue weighted by molar-refractivity contribution is 5.95. The molecule has 0 aliphatic heterocycles. The lowest BCUT2D eigenvalue weighted by Gasteiger charge is -2.33. The van der Waals surface area contributed by atoms with Crippen LogP contribution < -0.4 is 0 Å². The van der Waals surface area contributed by atoms with Crippen molar-refractivity contribution in [2.24, 2.45) is 0 Å². The fourth-order valence-corrected chi connectivity index (χ4v) is 4.54. The summed E-state index contributed by atoms with van der Waals surface area (Å²) in [5.74, 6) is -0.764. The molecule has 1 atom stereocenters. The highest BCUT2D eigenvalue weighted by atomic mass is 19.4. The first-order chi connectivity index (χ1) is 21.2. The number of hydrogen-bond acceptors (Lipinski definition) is 5. The van der Waals surface area contributed by atoms with Crippen LogP contribution in [0.1, 0.15) is 22.4 Å². The molecule has 2 amide bonds. The van der Waals surface area contributed by atoms with Crippen molar-refractivity contribution >= 4 is 17.9 Å². The lowest BCUT2D eigenvalue weighted by atomic mass is 10.0. The van der Waals surface area contributed by atoms with Crippen LogP contribution in [0, 0.1) is 0 Å². The topological polar surface area (TPSA) is 75.6 Å². The molecule has 0 spiro atoms. The van der Waals surface area contributed by atoms with Gasteiger partial charge in [0.25, 0.3) is 0 Å². The van der Waals surface area contributed by atoms with Crippen molar-refractivity contribution in [1.82, 2.24) is 19.8 Å². The zero-order valence-electron chi connectivity index (χ0n) is 24.4. The minimum absolute atomic E-state index is 0.105. The van der Waals surface area contributed by atoms with Crippen LogP contribution in [0.5, 0.6) is 0 Å². The standard InChI is InChI=1S/C34H33F3N4O3/c1-40(20-21-44-2)33(43)31(22-25-8-4-3-5-9-25)41(24-26-11-13-27(14-12-26)30-10-6-7-19-38-30)32(42)18-17-29-16-15-28(23-39-29)34(35,36)37/h3-19,23,31H,20-22,24H2,1-2H3/t31-/m0/s1. The number of alkyl halides is 3. The van der Waals surface area contributed by atoms with Gasteiger partial charge in [0.1, 0.15) is 6.04 Å². The number of carbonyl (C=O) groups excluding carboxylic acids is 2. The average Bonchev–Trinajstić information content (AvgIpc) is 3.04. The van der Waals surface area contributed by atoms with Gasteiger partial charge < -0.3 is 14.5 Å². The van der Waals surface area contributed by atoms with Crippen molar-refractivity contribution in [3.8, 4) is 11.3 Å². The number of likely N-dealkylation sites (N-methyl/N-ethyl adjacent to an activating group) is 1. The second kappa shape index (κ2) is 15.1. The van der Waals surface area contributed by atoms with Gasteiger partial charge in [0.05, 0.1) is 23.6 Å². The predicted molar refractivity (Wildman–Crippen MR) is 162 cm³/mol. The van der Waals surface area contributed by atoms with Crippen LogP contribution in [0.2, 0.25) is 0 Å². The molecular formula is C34H33F3N4O3.